The Balaban J connectivity index is 1.75. The van der Waals surface area contributed by atoms with E-state index in [2.05, 4.69) is 15.6 Å². The van der Waals surface area contributed by atoms with Gasteiger partial charge in [-0.2, -0.15) is 0 Å². The number of carbonyl (C=O) groups is 2. The maximum Gasteiger partial charge on any atom is 0.253 e. The van der Waals surface area contributed by atoms with Crippen LogP contribution in [0.3, 0.4) is 0 Å². The Morgan fingerprint density at radius 3 is 2.52 bits per heavy atom. The number of hydrogen-bond donors (Lipinski definition) is 2. The highest BCUT2D eigenvalue weighted by Crippen LogP contribution is 2.08. The summed E-state index contributed by atoms with van der Waals surface area (Å²) in [6.45, 7) is 0.306. The molecule has 0 atom stereocenters. The minimum atomic E-state index is -0.329. The zero-order valence-electron chi connectivity index (χ0n) is 11.2. The van der Waals surface area contributed by atoms with E-state index in [9.17, 15) is 9.59 Å². The van der Waals surface area contributed by atoms with Crippen LogP contribution in [0.2, 0.25) is 5.02 Å². The lowest BCUT2D eigenvalue weighted by molar-refractivity contribution is -0.120. The molecule has 21 heavy (non-hydrogen) atoms. The van der Waals surface area contributed by atoms with Gasteiger partial charge >= 0.3 is 0 Å². The van der Waals surface area contributed by atoms with Gasteiger partial charge in [0, 0.05) is 24.0 Å². The van der Waals surface area contributed by atoms with Crippen molar-refractivity contribution < 1.29 is 9.59 Å². The molecule has 0 bridgehead atoms. The first-order valence-corrected chi connectivity index (χ1v) is 6.72. The maximum absolute atomic E-state index is 11.7. The number of nitrogens with one attached hydrogen (secondary N) is 2. The Morgan fingerprint density at radius 2 is 1.86 bits per heavy atom. The van der Waals surface area contributed by atoms with E-state index in [1.807, 2.05) is 12.1 Å². The number of halogens is 1. The van der Waals surface area contributed by atoms with Gasteiger partial charge in [-0.25, -0.2) is 0 Å². The molecule has 0 saturated heterocycles. The molecule has 1 heterocycles. The first-order chi connectivity index (χ1) is 10.1. The summed E-state index contributed by atoms with van der Waals surface area (Å²) < 4.78 is 0. The second kappa shape index (κ2) is 7.40. The van der Waals surface area contributed by atoms with Crippen molar-refractivity contribution in [2.75, 3.05) is 6.54 Å². The fourth-order valence-electron chi connectivity index (χ4n) is 1.63. The van der Waals surface area contributed by atoms with Gasteiger partial charge in [-0.15, -0.1) is 0 Å². The van der Waals surface area contributed by atoms with E-state index >= 15 is 0 Å². The molecule has 1 aromatic heterocycles. The molecule has 5 nitrogen and oxygen atoms in total. The molecule has 0 fully saturated rings. The van der Waals surface area contributed by atoms with Gasteiger partial charge in [0.25, 0.3) is 5.91 Å². The van der Waals surface area contributed by atoms with Crippen LogP contribution in [0.15, 0.2) is 48.8 Å². The SMILES string of the molecule is O=C(CNC(=O)c1cccnc1)NCc1ccc(Cl)cc1. The highest BCUT2D eigenvalue weighted by atomic mass is 35.5. The standard InChI is InChI=1S/C15H14ClN3O2/c16-13-5-3-11(4-6-13)8-18-14(20)10-19-15(21)12-2-1-7-17-9-12/h1-7,9H,8,10H2,(H,18,20)(H,19,21). The van der Waals surface area contributed by atoms with Gasteiger partial charge < -0.3 is 10.6 Å². The summed E-state index contributed by atoms with van der Waals surface area (Å²) in [6, 6.07) is 10.5. The van der Waals surface area contributed by atoms with E-state index in [4.69, 9.17) is 11.6 Å². The molecule has 108 valence electrons. The minimum Gasteiger partial charge on any atom is -0.350 e. The smallest absolute Gasteiger partial charge is 0.253 e. The van der Waals surface area contributed by atoms with Crippen LogP contribution in [-0.2, 0) is 11.3 Å². The average molecular weight is 304 g/mol. The molecule has 0 aliphatic heterocycles. The van der Waals surface area contributed by atoms with Gasteiger partial charge in [0.05, 0.1) is 12.1 Å². The van der Waals surface area contributed by atoms with Gasteiger partial charge in [0.15, 0.2) is 0 Å². The fraction of sp³-hybridized carbons (Fsp3) is 0.133. The summed E-state index contributed by atoms with van der Waals surface area (Å²) in [5.41, 5.74) is 1.36. The van der Waals surface area contributed by atoms with Crippen molar-refractivity contribution in [2.24, 2.45) is 0 Å². The van der Waals surface area contributed by atoms with Gasteiger partial charge in [-0.1, -0.05) is 23.7 Å². The molecule has 0 aliphatic rings. The molecule has 0 aliphatic carbocycles. The lowest BCUT2D eigenvalue weighted by atomic mass is 10.2. The Morgan fingerprint density at radius 1 is 1.10 bits per heavy atom. The lowest BCUT2D eigenvalue weighted by Crippen LogP contribution is -2.36. The molecule has 0 saturated carbocycles. The first-order valence-electron chi connectivity index (χ1n) is 6.34. The molecular weight excluding hydrogens is 290 g/mol. The number of carbonyl (C=O) groups excluding carboxylic acids is 2. The monoisotopic (exact) mass is 303 g/mol. The number of rotatable bonds is 5. The third-order valence-corrected chi connectivity index (χ3v) is 2.99. The van der Waals surface area contributed by atoms with Crippen LogP contribution in [0, 0.1) is 0 Å². The summed E-state index contributed by atoms with van der Waals surface area (Å²) in [7, 11) is 0. The molecule has 1 aromatic carbocycles. The van der Waals surface area contributed by atoms with Gasteiger partial charge in [0.2, 0.25) is 5.91 Å². The number of aromatic nitrogens is 1. The topological polar surface area (TPSA) is 71.1 Å². The van der Waals surface area contributed by atoms with Gasteiger partial charge in [-0.05, 0) is 29.8 Å². The largest absolute Gasteiger partial charge is 0.350 e. The van der Waals surface area contributed by atoms with Crippen molar-refractivity contribution in [2.45, 2.75) is 6.54 Å². The predicted molar refractivity (Wildman–Crippen MR) is 79.9 cm³/mol. The molecule has 2 amide bonds. The van der Waals surface area contributed by atoms with Crippen molar-refractivity contribution >= 4 is 23.4 Å². The molecular formula is C15H14ClN3O2. The van der Waals surface area contributed by atoms with E-state index < -0.39 is 0 Å². The third kappa shape index (κ3) is 4.89. The molecule has 2 N–H and O–H groups in total. The number of benzene rings is 1. The molecule has 2 rings (SSSR count). The zero-order valence-corrected chi connectivity index (χ0v) is 11.9. The number of hydrogen-bond acceptors (Lipinski definition) is 3. The van der Waals surface area contributed by atoms with Crippen LogP contribution < -0.4 is 10.6 Å². The van der Waals surface area contributed by atoms with Crippen LogP contribution in [0.4, 0.5) is 0 Å². The van der Waals surface area contributed by atoms with Crippen molar-refractivity contribution in [1.29, 1.82) is 0 Å². The number of pyridine rings is 1. The van der Waals surface area contributed by atoms with Crippen LogP contribution in [0.5, 0.6) is 0 Å². The summed E-state index contributed by atoms with van der Waals surface area (Å²) in [5.74, 6) is -0.591. The van der Waals surface area contributed by atoms with E-state index in [1.54, 1.807) is 30.5 Å². The quantitative estimate of drug-likeness (QED) is 0.884. The van der Waals surface area contributed by atoms with Crippen molar-refractivity contribution in [3.8, 4) is 0 Å². The summed E-state index contributed by atoms with van der Waals surface area (Å²) >= 11 is 5.78. The zero-order chi connectivity index (χ0) is 15.1. The van der Waals surface area contributed by atoms with Gasteiger partial charge in [0.1, 0.15) is 0 Å². The Hall–Kier alpha value is -2.40. The van der Waals surface area contributed by atoms with E-state index in [-0.39, 0.29) is 18.4 Å². The summed E-state index contributed by atoms with van der Waals surface area (Å²) in [4.78, 5) is 27.2. The van der Waals surface area contributed by atoms with E-state index in [0.29, 0.717) is 17.1 Å². The molecule has 0 unspecified atom stereocenters. The van der Waals surface area contributed by atoms with Crippen molar-refractivity contribution in [1.82, 2.24) is 15.6 Å². The van der Waals surface area contributed by atoms with Crippen LogP contribution in [-0.4, -0.2) is 23.3 Å². The molecule has 0 radical (unpaired) electrons. The van der Waals surface area contributed by atoms with Crippen LogP contribution in [0.1, 0.15) is 15.9 Å². The second-order valence-electron chi connectivity index (χ2n) is 4.33. The number of nitrogens with zero attached hydrogens (tertiary/aromatic N) is 1. The first kappa shape index (κ1) is 15.0. The lowest BCUT2D eigenvalue weighted by Gasteiger charge is -2.07. The Labute approximate surface area is 127 Å². The Bertz CT molecular complexity index is 615. The molecule has 6 heteroatoms. The Kier molecular flexibility index (Phi) is 5.29. The van der Waals surface area contributed by atoms with Crippen LogP contribution >= 0.6 is 11.6 Å². The van der Waals surface area contributed by atoms with Crippen molar-refractivity contribution in [3.05, 3.63) is 64.9 Å². The molecule has 0 spiro atoms. The average Bonchev–Trinajstić information content (AvgIpc) is 2.53. The summed E-state index contributed by atoms with van der Waals surface area (Å²) in [6.07, 6.45) is 3.02. The fourth-order valence-corrected chi connectivity index (χ4v) is 1.75. The van der Waals surface area contributed by atoms with E-state index in [1.165, 1.54) is 6.20 Å². The molecule has 2 aromatic rings. The van der Waals surface area contributed by atoms with Crippen molar-refractivity contribution in [3.63, 3.8) is 0 Å². The highest BCUT2D eigenvalue weighted by Gasteiger charge is 2.07. The normalized spacial score (nSPS) is 9.95. The highest BCUT2D eigenvalue weighted by molar-refractivity contribution is 6.30. The second-order valence-corrected chi connectivity index (χ2v) is 4.76. The minimum absolute atomic E-state index is 0.0820. The summed E-state index contributed by atoms with van der Waals surface area (Å²) in [5, 5.41) is 5.89. The third-order valence-electron chi connectivity index (χ3n) is 2.74. The number of amides is 2. The predicted octanol–water partition coefficient (Wildman–Crippen LogP) is 1.78. The van der Waals surface area contributed by atoms with Gasteiger partial charge in [-0.3, -0.25) is 14.6 Å². The van der Waals surface area contributed by atoms with E-state index in [0.717, 1.165) is 5.56 Å². The maximum atomic E-state index is 11.7. The van der Waals surface area contributed by atoms with Crippen LogP contribution in [0.25, 0.3) is 0 Å².